The molecule has 0 radical (unpaired) electrons. The van der Waals surface area contributed by atoms with Gasteiger partial charge in [-0.15, -0.1) is 0 Å². The molecule has 1 aliphatic rings. The molecule has 8 nitrogen and oxygen atoms in total. The third kappa shape index (κ3) is 3.63. The maximum Gasteiger partial charge on any atom is 0.134 e. The van der Waals surface area contributed by atoms with E-state index in [0.29, 0.717) is 6.42 Å². The maximum absolute atomic E-state index is 5.01. The Labute approximate surface area is 191 Å². The molecule has 1 aliphatic carbocycles. The molecule has 0 saturated heterocycles. The van der Waals surface area contributed by atoms with Crippen molar-refractivity contribution in [1.29, 1.82) is 0 Å². The number of hydrogen-bond acceptors (Lipinski definition) is 5. The predicted molar refractivity (Wildman–Crippen MR) is 124 cm³/mol. The van der Waals surface area contributed by atoms with E-state index < -0.39 is 0 Å². The van der Waals surface area contributed by atoms with Gasteiger partial charge >= 0.3 is 0 Å². The molecule has 0 unspecified atom stereocenters. The fraction of sp³-hybridized carbons (Fsp3) is 0.240. The van der Waals surface area contributed by atoms with Gasteiger partial charge in [0.1, 0.15) is 5.82 Å². The first-order valence-corrected chi connectivity index (χ1v) is 11.1. The lowest BCUT2D eigenvalue weighted by molar-refractivity contribution is 0.705. The normalized spacial score (nSPS) is 12.5. The van der Waals surface area contributed by atoms with Crippen LogP contribution in [0.4, 0.5) is 0 Å². The molecule has 5 aromatic rings. The number of aromatic nitrogens is 8. The number of fused-ring (bicyclic) bond motifs is 3. The summed E-state index contributed by atoms with van der Waals surface area (Å²) < 4.78 is 3.83. The Kier molecular flexibility index (Phi) is 4.64. The molecular weight excluding hydrogens is 412 g/mol. The number of H-pyrrole nitrogens is 1. The number of nitrogens with zero attached hydrogens (tertiary/aromatic N) is 7. The molecule has 1 N–H and O–H groups in total. The van der Waals surface area contributed by atoms with Crippen LogP contribution < -0.4 is 0 Å². The minimum Gasteiger partial charge on any atom is -0.285 e. The van der Waals surface area contributed by atoms with Crippen LogP contribution in [0.3, 0.4) is 0 Å². The zero-order chi connectivity index (χ0) is 22.4. The lowest BCUT2D eigenvalue weighted by Gasteiger charge is -2.16. The average molecular weight is 437 g/mol. The molecule has 4 heterocycles. The Morgan fingerprint density at radius 1 is 1.00 bits per heavy atom. The van der Waals surface area contributed by atoms with Crippen molar-refractivity contribution in [2.75, 3.05) is 0 Å². The lowest BCUT2D eigenvalue weighted by atomic mass is 9.91. The monoisotopic (exact) mass is 436 g/mol. The first-order valence-electron chi connectivity index (χ1n) is 11.1. The van der Waals surface area contributed by atoms with Gasteiger partial charge in [-0.05, 0) is 35.6 Å². The summed E-state index contributed by atoms with van der Waals surface area (Å²) in [6.07, 6.45) is 10.9. The van der Waals surface area contributed by atoms with E-state index in [2.05, 4.69) is 44.5 Å². The third-order valence-electron chi connectivity index (χ3n) is 6.26. The van der Waals surface area contributed by atoms with Gasteiger partial charge in [0.2, 0.25) is 0 Å². The van der Waals surface area contributed by atoms with E-state index in [1.807, 2.05) is 54.3 Å². The fourth-order valence-corrected chi connectivity index (χ4v) is 4.63. The average Bonchev–Trinajstić information content (AvgIpc) is 3.56. The Morgan fingerprint density at radius 3 is 2.76 bits per heavy atom. The van der Waals surface area contributed by atoms with Gasteiger partial charge in [-0.2, -0.15) is 15.3 Å². The highest BCUT2D eigenvalue weighted by Crippen LogP contribution is 2.35. The van der Waals surface area contributed by atoms with Crippen molar-refractivity contribution in [2.45, 2.75) is 25.7 Å². The van der Waals surface area contributed by atoms with E-state index in [1.54, 1.807) is 0 Å². The van der Waals surface area contributed by atoms with Gasteiger partial charge in [0, 0.05) is 50.2 Å². The van der Waals surface area contributed by atoms with Gasteiger partial charge < -0.3 is 0 Å². The van der Waals surface area contributed by atoms with Crippen LogP contribution in [-0.4, -0.2) is 39.7 Å². The quantitative estimate of drug-likeness (QED) is 0.457. The van der Waals surface area contributed by atoms with Crippen LogP contribution in [0.25, 0.3) is 22.4 Å². The molecule has 4 aromatic heterocycles. The molecule has 0 saturated carbocycles. The SMILES string of the molecule is Cn1ccc(Cc2ncc3c(n2)-c2c(nn(C)c2Cc2cccc(-c4cn[nH]c4)c2)CC3)n1. The summed E-state index contributed by atoms with van der Waals surface area (Å²) in [5, 5.41) is 16.3. The van der Waals surface area contributed by atoms with Gasteiger partial charge in [0.05, 0.1) is 35.4 Å². The van der Waals surface area contributed by atoms with E-state index in [-0.39, 0.29) is 0 Å². The van der Waals surface area contributed by atoms with E-state index in [4.69, 9.17) is 10.1 Å². The van der Waals surface area contributed by atoms with Gasteiger partial charge in [-0.25, -0.2) is 9.97 Å². The van der Waals surface area contributed by atoms with Gasteiger partial charge in [0.25, 0.3) is 0 Å². The zero-order valence-electron chi connectivity index (χ0n) is 18.7. The number of hydrogen-bond donors (Lipinski definition) is 1. The molecule has 8 heteroatoms. The summed E-state index contributed by atoms with van der Waals surface area (Å²) in [5.74, 6) is 0.789. The minimum absolute atomic E-state index is 0.617. The largest absolute Gasteiger partial charge is 0.285 e. The molecule has 164 valence electrons. The molecule has 0 aliphatic heterocycles. The molecule has 0 amide bonds. The number of aryl methyl sites for hydroxylation is 4. The Bertz CT molecular complexity index is 1440. The molecule has 0 bridgehead atoms. The summed E-state index contributed by atoms with van der Waals surface area (Å²) in [5.41, 5.74) is 10.1. The summed E-state index contributed by atoms with van der Waals surface area (Å²) in [4.78, 5) is 9.64. The van der Waals surface area contributed by atoms with Gasteiger partial charge in [-0.3, -0.25) is 14.5 Å². The zero-order valence-corrected chi connectivity index (χ0v) is 18.7. The fourth-order valence-electron chi connectivity index (χ4n) is 4.63. The predicted octanol–water partition coefficient (Wildman–Crippen LogP) is 3.28. The number of rotatable bonds is 5. The van der Waals surface area contributed by atoms with Crippen molar-refractivity contribution in [3.63, 3.8) is 0 Å². The van der Waals surface area contributed by atoms with Crippen LogP contribution in [0.5, 0.6) is 0 Å². The smallest absolute Gasteiger partial charge is 0.134 e. The Morgan fingerprint density at radius 2 is 1.94 bits per heavy atom. The Balaban J connectivity index is 1.38. The van der Waals surface area contributed by atoms with E-state index in [0.717, 1.165) is 58.9 Å². The second kappa shape index (κ2) is 7.81. The summed E-state index contributed by atoms with van der Waals surface area (Å²) in [7, 11) is 3.95. The molecule has 0 atom stereocenters. The van der Waals surface area contributed by atoms with Crippen LogP contribution in [0.1, 0.15) is 34.0 Å². The molecule has 33 heavy (non-hydrogen) atoms. The molecule has 0 fully saturated rings. The van der Waals surface area contributed by atoms with Crippen LogP contribution in [0.2, 0.25) is 0 Å². The van der Waals surface area contributed by atoms with Crippen molar-refractivity contribution in [2.24, 2.45) is 14.1 Å². The van der Waals surface area contributed by atoms with Crippen molar-refractivity contribution in [3.05, 3.63) is 89.2 Å². The van der Waals surface area contributed by atoms with Crippen molar-refractivity contribution < 1.29 is 0 Å². The molecule has 6 rings (SSSR count). The third-order valence-corrected chi connectivity index (χ3v) is 6.26. The second-order valence-electron chi connectivity index (χ2n) is 8.57. The highest BCUT2D eigenvalue weighted by molar-refractivity contribution is 5.71. The van der Waals surface area contributed by atoms with Crippen LogP contribution in [0, 0.1) is 0 Å². The highest BCUT2D eigenvalue weighted by atomic mass is 15.3. The van der Waals surface area contributed by atoms with E-state index in [1.165, 1.54) is 16.8 Å². The summed E-state index contributed by atoms with van der Waals surface area (Å²) in [6, 6.07) is 10.6. The molecule has 1 aromatic carbocycles. The molecule has 0 spiro atoms. The van der Waals surface area contributed by atoms with Crippen LogP contribution in [-0.2, 0) is 39.8 Å². The van der Waals surface area contributed by atoms with Crippen molar-refractivity contribution in [1.82, 2.24) is 39.7 Å². The Hall–Kier alpha value is -4.07. The topological polar surface area (TPSA) is 90.1 Å². The minimum atomic E-state index is 0.617. The second-order valence-corrected chi connectivity index (χ2v) is 8.57. The number of aromatic amines is 1. The summed E-state index contributed by atoms with van der Waals surface area (Å²) in [6.45, 7) is 0. The first kappa shape index (κ1) is 19.6. The van der Waals surface area contributed by atoms with Crippen LogP contribution in [0.15, 0.2) is 55.1 Å². The van der Waals surface area contributed by atoms with Crippen molar-refractivity contribution in [3.8, 4) is 22.4 Å². The van der Waals surface area contributed by atoms with Gasteiger partial charge in [-0.1, -0.05) is 24.3 Å². The number of nitrogens with one attached hydrogen (secondary N) is 1. The maximum atomic E-state index is 5.01. The number of benzene rings is 1. The first-order chi connectivity index (χ1) is 16.1. The summed E-state index contributed by atoms with van der Waals surface area (Å²) >= 11 is 0. The van der Waals surface area contributed by atoms with E-state index in [9.17, 15) is 0 Å². The van der Waals surface area contributed by atoms with Gasteiger partial charge in [0.15, 0.2) is 0 Å². The lowest BCUT2D eigenvalue weighted by Crippen LogP contribution is -2.10. The van der Waals surface area contributed by atoms with Crippen LogP contribution >= 0.6 is 0 Å². The highest BCUT2D eigenvalue weighted by Gasteiger charge is 2.26. The molecular formula is C25H24N8. The standard InChI is InChI=1S/C25H24N8/c1-32-9-8-20(30-32)12-23-26-13-18-6-7-21-24(25(18)29-23)22(33(2)31-21)11-16-4-3-5-17(10-16)19-14-27-28-15-19/h3-5,8-10,13-15H,6-7,11-12H2,1-2H3,(H,27,28). The van der Waals surface area contributed by atoms with E-state index >= 15 is 0 Å². The van der Waals surface area contributed by atoms with Crippen molar-refractivity contribution >= 4 is 0 Å².